The lowest BCUT2D eigenvalue weighted by Gasteiger charge is -2.17. The Morgan fingerprint density at radius 1 is 1.08 bits per heavy atom. The predicted octanol–water partition coefficient (Wildman–Crippen LogP) is 3.14. The molecule has 0 radical (unpaired) electrons. The molecular weight excluding hydrogens is 480 g/mol. The minimum absolute atomic E-state index is 0.0955. The number of benzene rings is 2. The van der Waals surface area contributed by atoms with Crippen LogP contribution in [-0.4, -0.2) is 64.6 Å². The molecule has 0 aliphatic heterocycles. The number of rotatable bonds is 10. The van der Waals surface area contributed by atoms with E-state index in [9.17, 15) is 14.7 Å². The average Bonchev–Trinajstić information content (AvgIpc) is 3.18. The number of nitrogen functional groups attached to an aromatic ring is 1. The number of anilines is 2. The number of amides is 1. The molecule has 0 bridgehead atoms. The van der Waals surface area contributed by atoms with Gasteiger partial charge in [0.05, 0.1) is 5.75 Å². The number of nitrogens with zero attached hydrogens (tertiary/aromatic N) is 4. The summed E-state index contributed by atoms with van der Waals surface area (Å²) in [7, 11) is 3.61. The van der Waals surface area contributed by atoms with Crippen LogP contribution < -0.4 is 16.0 Å². The number of nitrogens with one attached hydrogen (secondary N) is 1. The zero-order chi connectivity index (χ0) is 25.7. The van der Waals surface area contributed by atoms with Crippen LogP contribution in [0.4, 0.5) is 16.7 Å². The van der Waals surface area contributed by atoms with Crippen LogP contribution in [0.3, 0.4) is 0 Å². The lowest BCUT2D eigenvalue weighted by atomic mass is 9.98. The van der Waals surface area contributed by atoms with Gasteiger partial charge in [-0.05, 0) is 34.4 Å². The Morgan fingerprint density at radius 2 is 1.72 bits per heavy atom. The lowest BCUT2D eigenvalue weighted by molar-refractivity contribution is -0.139. The molecule has 1 unspecified atom stereocenters. The molecule has 188 valence electrons. The first-order chi connectivity index (χ1) is 17.3. The third-order valence-electron chi connectivity index (χ3n) is 5.80. The summed E-state index contributed by atoms with van der Waals surface area (Å²) in [4.78, 5) is 38.4. The van der Waals surface area contributed by atoms with E-state index in [0.717, 1.165) is 22.3 Å². The zero-order valence-corrected chi connectivity index (χ0v) is 20.9. The summed E-state index contributed by atoms with van der Waals surface area (Å²) in [5.74, 6) is 0.773. The molecule has 4 N–H and O–H groups in total. The van der Waals surface area contributed by atoms with Gasteiger partial charge in [0.15, 0.2) is 0 Å². The van der Waals surface area contributed by atoms with E-state index >= 15 is 0 Å². The number of fused-ring (bicyclic) bond motifs is 3. The summed E-state index contributed by atoms with van der Waals surface area (Å²) in [6.45, 7) is 0.121. The van der Waals surface area contributed by atoms with Crippen molar-refractivity contribution in [3.8, 4) is 11.1 Å². The molecule has 1 amide bonds. The molecular formula is C25H28N6O4S. The van der Waals surface area contributed by atoms with E-state index in [2.05, 4.69) is 32.4 Å². The van der Waals surface area contributed by atoms with E-state index in [0.29, 0.717) is 23.3 Å². The van der Waals surface area contributed by atoms with Crippen molar-refractivity contribution < 1.29 is 19.4 Å². The summed E-state index contributed by atoms with van der Waals surface area (Å²) in [5, 5.41) is 12.1. The second kappa shape index (κ2) is 11.3. The number of hydrogen-bond donors (Lipinski definition) is 3. The summed E-state index contributed by atoms with van der Waals surface area (Å²) in [5.41, 5.74) is 10.2. The molecule has 0 spiro atoms. The maximum Gasteiger partial charge on any atom is 0.407 e. The fourth-order valence-corrected chi connectivity index (χ4v) is 4.95. The first kappa shape index (κ1) is 25.2. The molecule has 2 aromatic carbocycles. The molecule has 10 nitrogen and oxygen atoms in total. The highest BCUT2D eigenvalue weighted by atomic mass is 32.2. The highest BCUT2D eigenvalue weighted by molar-refractivity contribution is 7.98. The van der Waals surface area contributed by atoms with E-state index in [-0.39, 0.29) is 24.9 Å². The molecule has 36 heavy (non-hydrogen) atoms. The van der Waals surface area contributed by atoms with Crippen molar-refractivity contribution in [3.05, 3.63) is 65.5 Å². The van der Waals surface area contributed by atoms with Crippen molar-refractivity contribution in [1.82, 2.24) is 20.3 Å². The minimum atomic E-state index is -1.12. The van der Waals surface area contributed by atoms with Crippen molar-refractivity contribution >= 4 is 35.7 Å². The molecule has 11 heteroatoms. The number of alkyl carbamates (subject to hydrolysis) is 1. The first-order valence-corrected chi connectivity index (χ1v) is 12.6. The minimum Gasteiger partial charge on any atom is -0.480 e. The molecule has 3 aromatic rings. The molecule has 0 saturated carbocycles. The lowest BCUT2D eigenvalue weighted by Crippen LogP contribution is -2.41. The van der Waals surface area contributed by atoms with Crippen LogP contribution in [0.15, 0.2) is 48.5 Å². The van der Waals surface area contributed by atoms with Crippen LogP contribution in [0, 0.1) is 0 Å². The Bertz CT molecular complexity index is 1210. The van der Waals surface area contributed by atoms with Crippen LogP contribution in [-0.2, 0) is 15.3 Å². The molecule has 0 fully saturated rings. The number of aliphatic carboxylic acids is 1. The number of carboxylic acid groups (broad SMARTS) is 1. The second-order valence-corrected chi connectivity index (χ2v) is 9.61. The number of hydrogen-bond acceptors (Lipinski definition) is 9. The maximum atomic E-state index is 12.5. The maximum absolute atomic E-state index is 12.5. The number of carbonyl (C=O) groups excluding carboxylic acids is 1. The monoisotopic (exact) mass is 508 g/mol. The number of carboxylic acids is 1. The summed E-state index contributed by atoms with van der Waals surface area (Å²) in [6.07, 6.45) is -0.541. The van der Waals surface area contributed by atoms with Gasteiger partial charge in [-0.25, -0.2) is 9.59 Å². The van der Waals surface area contributed by atoms with Gasteiger partial charge >= 0.3 is 12.1 Å². The Labute approximate surface area is 213 Å². The van der Waals surface area contributed by atoms with Gasteiger partial charge in [0.2, 0.25) is 11.9 Å². The van der Waals surface area contributed by atoms with Gasteiger partial charge in [0, 0.05) is 20.0 Å². The van der Waals surface area contributed by atoms with Gasteiger partial charge in [0.25, 0.3) is 0 Å². The number of ether oxygens (including phenoxy) is 1. The average molecular weight is 509 g/mol. The van der Waals surface area contributed by atoms with E-state index in [1.54, 1.807) is 19.0 Å². The van der Waals surface area contributed by atoms with E-state index < -0.39 is 18.1 Å². The Kier molecular flexibility index (Phi) is 7.89. The van der Waals surface area contributed by atoms with E-state index in [1.807, 2.05) is 36.4 Å². The Balaban J connectivity index is 1.29. The van der Waals surface area contributed by atoms with Crippen LogP contribution in [0.5, 0.6) is 0 Å². The number of carbonyl (C=O) groups is 2. The zero-order valence-electron chi connectivity index (χ0n) is 20.0. The standard InChI is InChI=1S/C25H28N6O4S/c1-31(2)24-29-21(28-23(26)30-24)14-36-12-11-20(22(32)33)27-25(34)35-13-19-17-9-5-3-7-15(17)16-8-4-6-10-18(16)19/h3-10,19-20H,11-14H2,1-2H3,(H,27,34)(H,32,33)(H2,26,28,29,30). The molecule has 1 heterocycles. The van der Waals surface area contributed by atoms with Gasteiger partial charge in [-0.15, -0.1) is 0 Å². The van der Waals surface area contributed by atoms with E-state index in [4.69, 9.17) is 10.5 Å². The topological polar surface area (TPSA) is 144 Å². The largest absolute Gasteiger partial charge is 0.480 e. The van der Waals surface area contributed by atoms with Crippen molar-refractivity contribution in [2.75, 3.05) is 37.1 Å². The summed E-state index contributed by atoms with van der Waals surface area (Å²) in [6, 6.07) is 15.0. The van der Waals surface area contributed by atoms with Crippen molar-refractivity contribution in [3.63, 3.8) is 0 Å². The highest BCUT2D eigenvalue weighted by Crippen LogP contribution is 2.44. The molecule has 1 aromatic heterocycles. The highest BCUT2D eigenvalue weighted by Gasteiger charge is 2.29. The van der Waals surface area contributed by atoms with Crippen LogP contribution in [0.25, 0.3) is 11.1 Å². The van der Waals surface area contributed by atoms with Gasteiger partial charge in [0.1, 0.15) is 18.5 Å². The van der Waals surface area contributed by atoms with Crippen LogP contribution >= 0.6 is 11.8 Å². The smallest absolute Gasteiger partial charge is 0.407 e. The van der Waals surface area contributed by atoms with Crippen molar-refractivity contribution in [1.29, 1.82) is 0 Å². The van der Waals surface area contributed by atoms with Crippen molar-refractivity contribution in [2.24, 2.45) is 0 Å². The SMILES string of the molecule is CN(C)c1nc(N)nc(CSCCC(NC(=O)OCC2c3ccccc3-c3ccccc32)C(=O)O)n1. The van der Waals surface area contributed by atoms with Crippen LogP contribution in [0.2, 0.25) is 0 Å². The van der Waals surface area contributed by atoms with Crippen molar-refractivity contribution in [2.45, 2.75) is 24.1 Å². The quantitative estimate of drug-likeness (QED) is 0.349. The summed E-state index contributed by atoms with van der Waals surface area (Å²) >= 11 is 1.44. The van der Waals surface area contributed by atoms with Gasteiger partial charge in [-0.2, -0.15) is 26.7 Å². The predicted molar refractivity (Wildman–Crippen MR) is 139 cm³/mol. The normalized spacial score (nSPS) is 12.9. The Hall–Kier alpha value is -3.86. The molecule has 4 rings (SSSR count). The van der Waals surface area contributed by atoms with Crippen LogP contribution in [0.1, 0.15) is 29.3 Å². The number of aromatic nitrogens is 3. The van der Waals surface area contributed by atoms with Gasteiger partial charge in [-0.1, -0.05) is 48.5 Å². The molecule has 1 aliphatic carbocycles. The third kappa shape index (κ3) is 5.85. The molecule has 0 saturated heterocycles. The van der Waals surface area contributed by atoms with Gasteiger partial charge < -0.3 is 25.8 Å². The first-order valence-electron chi connectivity index (χ1n) is 11.4. The third-order valence-corrected chi connectivity index (χ3v) is 6.79. The summed E-state index contributed by atoms with van der Waals surface area (Å²) < 4.78 is 5.48. The molecule has 1 atom stereocenters. The fourth-order valence-electron chi connectivity index (χ4n) is 4.09. The Morgan fingerprint density at radius 3 is 2.33 bits per heavy atom. The van der Waals surface area contributed by atoms with Gasteiger partial charge in [-0.3, -0.25) is 0 Å². The fraction of sp³-hybridized carbons (Fsp3) is 0.320. The number of thioether (sulfide) groups is 1. The number of nitrogens with two attached hydrogens (primary N) is 1. The van der Waals surface area contributed by atoms with E-state index in [1.165, 1.54) is 11.8 Å². The second-order valence-electron chi connectivity index (χ2n) is 8.51. The molecule has 1 aliphatic rings.